The number of benzene rings is 1. The van der Waals surface area contributed by atoms with Gasteiger partial charge >= 0.3 is 14.0 Å². The summed E-state index contributed by atoms with van der Waals surface area (Å²) in [6, 6.07) is 9.17. The van der Waals surface area contributed by atoms with E-state index in [2.05, 4.69) is 12.1 Å². The minimum Gasteiger partial charge on any atom is -0.480 e. The van der Waals surface area contributed by atoms with Gasteiger partial charge in [0, 0.05) is 12.6 Å². The van der Waals surface area contributed by atoms with Crippen LogP contribution < -0.4 is 5.73 Å². The molecule has 3 N–H and O–H groups in total. The van der Waals surface area contributed by atoms with Crippen molar-refractivity contribution < 1.29 is 23.8 Å². The van der Waals surface area contributed by atoms with E-state index in [1.54, 1.807) is 0 Å². The maximum atomic E-state index is 12.1. The number of carbonyl (C=O) groups is 2. The highest BCUT2D eigenvalue weighted by molar-refractivity contribution is 7.40. The zero-order valence-electron chi connectivity index (χ0n) is 14.8. The summed E-state index contributed by atoms with van der Waals surface area (Å²) in [5.74, 6) is -1.44. The van der Waals surface area contributed by atoms with E-state index >= 15 is 0 Å². The van der Waals surface area contributed by atoms with E-state index in [1.165, 1.54) is 10.5 Å². The summed E-state index contributed by atoms with van der Waals surface area (Å²) >= 11 is 0. The number of likely N-dealkylation sites (tertiary alicyclic amines) is 1. The Morgan fingerprint density at radius 1 is 1.31 bits per heavy atom. The van der Waals surface area contributed by atoms with Gasteiger partial charge in [-0.1, -0.05) is 30.3 Å². The van der Waals surface area contributed by atoms with Crippen molar-refractivity contribution >= 4 is 19.9 Å². The maximum absolute atomic E-state index is 12.1. The van der Waals surface area contributed by atoms with Crippen LogP contribution in [0.4, 0.5) is 0 Å². The third-order valence-electron chi connectivity index (χ3n) is 4.49. The highest BCUT2D eigenvalue weighted by Crippen LogP contribution is 2.26. The van der Waals surface area contributed by atoms with Crippen LogP contribution in [0.2, 0.25) is 0 Å². The normalized spacial score (nSPS) is 18.6. The molecular formula is C18H26N2O5P+. The Hall–Kier alpha value is -1.82. The van der Waals surface area contributed by atoms with Gasteiger partial charge in [-0.05, 0) is 42.2 Å². The predicted octanol–water partition coefficient (Wildman–Crippen LogP) is 2.17. The van der Waals surface area contributed by atoms with Gasteiger partial charge in [-0.15, -0.1) is 4.52 Å². The second-order valence-electron chi connectivity index (χ2n) is 6.48. The fourth-order valence-electron chi connectivity index (χ4n) is 3.02. The average Bonchev–Trinajstić information content (AvgIpc) is 3.11. The highest BCUT2D eigenvalue weighted by Gasteiger charge is 2.37. The first-order valence-corrected chi connectivity index (χ1v) is 10.2. The number of nitrogens with two attached hydrogens (primary N) is 1. The molecule has 1 amide bonds. The number of carbonyl (C=O) groups excluding carboxylic acids is 1. The van der Waals surface area contributed by atoms with Crippen LogP contribution in [0.3, 0.4) is 0 Å². The van der Waals surface area contributed by atoms with Gasteiger partial charge in [0.25, 0.3) is 12.1 Å². The predicted molar refractivity (Wildman–Crippen MR) is 98.2 cm³/mol. The minimum absolute atomic E-state index is 0.0655. The first kappa shape index (κ1) is 20.5. The van der Waals surface area contributed by atoms with Gasteiger partial charge in [-0.2, -0.15) is 0 Å². The van der Waals surface area contributed by atoms with Gasteiger partial charge in [-0.3, -0.25) is 4.79 Å². The zero-order valence-corrected chi connectivity index (χ0v) is 15.6. The summed E-state index contributed by atoms with van der Waals surface area (Å²) in [4.78, 5) is 24.5. The molecule has 7 nitrogen and oxygen atoms in total. The number of carboxylic acids is 1. The number of aryl methyl sites for hydroxylation is 1. The molecule has 0 spiro atoms. The SMILES string of the molecule is NC(CCO[P+](=O)CC(=O)N1CCC[C@H]1C(=O)O)CCc1ccccc1. The molecule has 1 aliphatic heterocycles. The summed E-state index contributed by atoms with van der Waals surface area (Å²) in [5.41, 5.74) is 7.27. The Bertz CT molecular complexity index is 625. The van der Waals surface area contributed by atoms with Crippen LogP contribution in [0.5, 0.6) is 0 Å². The molecule has 0 saturated carbocycles. The van der Waals surface area contributed by atoms with Gasteiger partial charge in [0.2, 0.25) is 0 Å². The molecule has 1 fully saturated rings. The highest BCUT2D eigenvalue weighted by atomic mass is 31.1. The molecule has 0 aromatic heterocycles. The quantitative estimate of drug-likeness (QED) is 0.601. The zero-order chi connectivity index (χ0) is 18.9. The molecule has 3 atom stereocenters. The minimum atomic E-state index is -2.15. The molecule has 2 unspecified atom stereocenters. The lowest BCUT2D eigenvalue weighted by Crippen LogP contribution is -2.41. The standard InChI is InChI=1S/C18H25N2O5P/c19-15(9-8-14-5-2-1-3-6-14)10-12-25-26(24)13-17(21)20-11-4-7-16(20)18(22)23/h1-3,5-6,15-16H,4,7-13,19H2/p+1/t15?,16-/m0/s1. The lowest BCUT2D eigenvalue weighted by molar-refractivity contribution is -0.147. The summed E-state index contributed by atoms with van der Waals surface area (Å²) in [6.07, 6.45) is 3.04. The molecule has 26 heavy (non-hydrogen) atoms. The van der Waals surface area contributed by atoms with E-state index in [4.69, 9.17) is 15.4 Å². The molecule has 1 aromatic rings. The van der Waals surface area contributed by atoms with E-state index in [9.17, 15) is 14.2 Å². The number of hydrogen-bond acceptors (Lipinski definition) is 5. The summed E-state index contributed by atoms with van der Waals surface area (Å²) in [5, 5.41) is 9.09. The van der Waals surface area contributed by atoms with E-state index < -0.39 is 25.9 Å². The summed E-state index contributed by atoms with van der Waals surface area (Å²) in [6.45, 7) is 0.615. The number of aliphatic carboxylic acids is 1. The van der Waals surface area contributed by atoms with Crippen molar-refractivity contribution in [1.82, 2.24) is 4.90 Å². The molecule has 0 aliphatic carbocycles. The Labute approximate surface area is 154 Å². The van der Waals surface area contributed by atoms with Crippen molar-refractivity contribution in [3.8, 4) is 0 Å². The van der Waals surface area contributed by atoms with Gasteiger partial charge in [0.1, 0.15) is 12.6 Å². The van der Waals surface area contributed by atoms with E-state index in [0.717, 1.165) is 12.8 Å². The first-order chi connectivity index (χ1) is 12.5. The van der Waals surface area contributed by atoms with Crippen LogP contribution in [0.1, 0.15) is 31.2 Å². The van der Waals surface area contributed by atoms with Crippen molar-refractivity contribution in [2.75, 3.05) is 19.3 Å². The Morgan fingerprint density at radius 3 is 2.73 bits per heavy atom. The van der Waals surface area contributed by atoms with Gasteiger partial charge in [-0.25, -0.2) is 4.79 Å². The van der Waals surface area contributed by atoms with Crippen LogP contribution in [0.15, 0.2) is 30.3 Å². The number of nitrogens with zero attached hydrogens (tertiary/aromatic N) is 1. The van der Waals surface area contributed by atoms with Crippen molar-refractivity contribution in [1.29, 1.82) is 0 Å². The van der Waals surface area contributed by atoms with E-state index in [1.807, 2.05) is 18.2 Å². The molecule has 1 aromatic carbocycles. The molecule has 0 bridgehead atoms. The van der Waals surface area contributed by atoms with Gasteiger partial charge in [0.15, 0.2) is 0 Å². The van der Waals surface area contributed by atoms with Crippen LogP contribution in [0.25, 0.3) is 0 Å². The Morgan fingerprint density at radius 2 is 2.04 bits per heavy atom. The van der Waals surface area contributed by atoms with Crippen molar-refractivity contribution in [3.63, 3.8) is 0 Å². The largest absolute Gasteiger partial charge is 0.518 e. The number of rotatable bonds is 10. The van der Waals surface area contributed by atoms with Crippen molar-refractivity contribution in [2.45, 2.75) is 44.2 Å². The molecule has 142 valence electrons. The third kappa shape index (κ3) is 6.48. The Balaban J connectivity index is 1.63. The van der Waals surface area contributed by atoms with E-state index in [-0.39, 0.29) is 18.8 Å². The lowest BCUT2D eigenvalue weighted by Gasteiger charge is -2.18. The van der Waals surface area contributed by atoms with Crippen LogP contribution >= 0.6 is 8.03 Å². The molecule has 1 aliphatic rings. The summed E-state index contributed by atoms with van der Waals surface area (Å²) < 4.78 is 17.2. The summed E-state index contributed by atoms with van der Waals surface area (Å²) in [7, 11) is -2.15. The topological polar surface area (TPSA) is 110 Å². The third-order valence-corrected chi connectivity index (χ3v) is 5.49. The molecule has 8 heteroatoms. The molecule has 2 rings (SSSR count). The van der Waals surface area contributed by atoms with Crippen LogP contribution in [-0.4, -0.2) is 53.3 Å². The fourth-order valence-corrected chi connectivity index (χ4v) is 3.82. The number of carboxylic acid groups (broad SMARTS) is 1. The van der Waals surface area contributed by atoms with Crippen molar-refractivity contribution in [3.05, 3.63) is 35.9 Å². The smallest absolute Gasteiger partial charge is 0.480 e. The molecular weight excluding hydrogens is 355 g/mol. The average molecular weight is 381 g/mol. The fraction of sp³-hybridized carbons (Fsp3) is 0.556. The maximum Gasteiger partial charge on any atom is 0.518 e. The van der Waals surface area contributed by atoms with Crippen LogP contribution in [0, 0.1) is 0 Å². The van der Waals surface area contributed by atoms with Crippen molar-refractivity contribution in [2.24, 2.45) is 5.73 Å². The molecule has 1 saturated heterocycles. The second kappa shape index (κ2) is 10.4. The number of amides is 1. The Kier molecular flexibility index (Phi) is 8.16. The molecule has 1 heterocycles. The van der Waals surface area contributed by atoms with E-state index in [0.29, 0.717) is 25.8 Å². The first-order valence-electron chi connectivity index (χ1n) is 8.86. The molecule has 0 radical (unpaired) electrons. The van der Waals surface area contributed by atoms with Gasteiger partial charge < -0.3 is 15.7 Å². The monoisotopic (exact) mass is 381 g/mol. The van der Waals surface area contributed by atoms with Crippen LogP contribution in [-0.2, 0) is 25.1 Å². The number of hydrogen-bond donors (Lipinski definition) is 2. The van der Waals surface area contributed by atoms with Gasteiger partial charge in [0.05, 0.1) is 0 Å². The lowest BCUT2D eigenvalue weighted by atomic mass is 10.0. The second-order valence-corrected chi connectivity index (χ2v) is 7.72.